The lowest BCUT2D eigenvalue weighted by Crippen LogP contribution is -2.41. The number of benzene rings is 1. The van der Waals surface area contributed by atoms with Crippen LogP contribution in [0.2, 0.25) is 0 Å². The summed E-state index contributed by atoms with van der Waals surface area (Å²) in [5.74, 6) is -0.163. The van der Waals surface area contributed by atoms with Crippen molar-refractivity contribution in [1.82, 2.24) is 5.32 Å². The zero-order chi connectivity index (χ0) is 12.4. The molecule has 0 aromatic heterocycles. The van der Waals surface area contributed by atoms with Crippen molar-refractivity contribution in [1.29, 1.82) is 0 Å². The third-order valence-corrected chi connectivity index (χ3v) is 3.56. The van der Waals surface area contributed by atoms with Crippen LogP contribution in [0.25, 0.3) is 0 Å². The molecule has 4 N–H and O–H groups in total. The maximum absolute atomic E-state index is 9.80. The Hall–Kier alpha value is -0.940. The van der Waals surface area contributed by atoms with Crippen LogP contribution in [-0.4, -0.2) is 39.7 Å². The van der Waals surface area contributed by atoms with Crippen molar-refractivity contribution in [2.24, 2.45) is 5.92 Å². The molecule has 4 nitrogen and oxygen atoms in total. The predicted molar refractivity (Wildman–Crippen MR) is 64.3 cm³/mol. The first kappa shape index (κ1) is 12.5. The number of rotatable bonds is 3. The van der Waals surface area contributed by atoms with E-state index >= 15 is 0 Å². The number of aliphatic hydroxyl groups is 3. The molecule has 1 fully saturated rings. The molecule has 1 saturated carbocycles. The van der Waals surface area contributed by atoms with Crippen LogP contribution in [0, 0.1) is 5.92 Å². The van der Waals surface area contributed by atoms with E-state index in [-0.39, 0.29) is 12.0 Å². The first-order chi connectivity index (χ1) is 8.11. The molecule has 1 aliphatic rings. The quantitative estimate of drug-likeness (QED) is 0.591. The summed E-state index contributed by atoms with van der Waals surface area (Å²) in [7, 11) is 0. The van der Waals surface area contributed by atoms with Crippen molar-refractivity contribution in [3.8, 4) is 0 Å². The Morgan fingerprint density at radius 3 is 2.18 bits per heavy atom. The maximum atomic E-state index is 9.80. The van der Waals surface area contributed by atoms with E-state index in [1.165, 1.54) is 0 Å². The van der Waals surface area contributed by atoms with Crippen LogP contribution in [-0.2, 0) is 6.54 Å². The topological polar surface area (TPSA) is 72.7 Å². The van der Waals surface area contributed by atoms with Gasteiger partial charge in [-0.25, -0.2) is 0 Å². The van der Waals surface area contributed by atoms with E-state index in [9.17, 15) is 15.3 Å². The lowest BCUT2D eigenvalue weighted by Gasteiger charge is -2.21. The highest BCUT2D eigenvalue weighted by atomic mass is 16.4. The lowest BCUT2D eigenvalue weighted by molar-refractivity contribution is -0.0267. The monoisotopic (exact) mass is 237 g/mol. The predicted octanol–water partition coefficient (Wildman–Crippen LogP) is -0.123. The van der Waals surface area contributed by atoms with Gasteiger partial charge in [-0.1, -0.05) is 37.3 Å². The largest absolute Gasteiger partial charge is 0.390 e. The Labute approximate surface area is 101 Å². The summed E-state index contributed by atoms with van der Waals surface area (Å²) in [6, 6.07) is 9.56. The average molecular weight is 237 g/mol. The van der Waals surface area contributed by atoms with Crippen molar-refractivity contribution < 1.29 is 15.3 Å². The van der Waals surface area contributed by atoms with Gasteiger partial charge < -0.3 is 20.6 Å². The van der Waals surface area contributed by atoms with Gasteiger partial charge in [0.15, 0.2) is 0 Å². The third kappa shape index (κ3) is 2.50. The molecular formula is C13H19NO3. The van der Waals surface area contributed by atoms with Crippen LogP contribution >= 0.6 is 0 Å². The average Bonchev–Trinajstić information content (AvgIpc) is 2.54. The lowest BCUT2D eigenvalue weighted by atomic mass is 10.0. The molecule has 0 aliphatic heterocycles. The van der Waals surface area contributed by atoms with E-state index in [0.717, 1.165) is 5.56 Å². The van der Waals surface area contributed by atoms with E-state index in [1.807, 2.05) is 37.3 Å². The molecule has 4 heteroatoms. The highest BCUT2D eigenvalue weighted by Crippen LogP contribution is 2.27. The number of hydrogen-bond acceptors (Lipinski definition) is 4. The Morgan fingerprint density at radius 1 is 1.00 bits per heavy atom. The molecule has 0 unspecified atom stereocenters. The van der Waals surface area contributed by atoms with Crippen molar-refractivity contribution in [2.75, 3.05) is 0 Å². The molecule has 0 spiro atoms. The highest BCUT2D eigenvalue weighted by molar-refractivity contribution is 5.15. The van der Waals surface area contributed by atoms with Crippen LogP contribution in [0.1, 0.15) is 12.5 Å². The van der Waals surface area contributed by atoms with E-state index in [0.29, 0.717) is 6.54 Å². The van der Waals surface area contributed by atoms with Gasteiger partial charge in [0.2, 0.25) is 0 Å². The second-order valence-electron chi connectivity index (χ2n) is 4.72. The zero-order valence-electron chi connectivity index (χ0n) is 9.82. The van der Waals surface area contributed by atoms with Gasteiger partial charge in [0.1, 0.15) is 6.10 Å². The SMILES string of the molecule is C[C@@H]1[C@@H](O)[C@@H](O)[C@@H](O)[C@@H]1NCc1ccccc1. The number of hydrogen-bond donors (Lipinski definition) is 4. The van der Waals surface area contributed by atoms with Crippen molar-refractivity contribution >= 4 is 0 Å². The Morgan fingerprint density at radius 2 is 1.65 bits per heavy atom. The van der Waals surface area contributed by atoms with Crippen molar-refractivity contribution in [3.05, 3.63) is 35.9 Å². The smallest absolute Gasteiger partial charge is 0.108 e. The molecule has 0 heterocycles. The summed E-state index contributed by atoms with van der Waals surface area (Å²) in [6.45, 7) is 2.44. The molecular weight excluding hydrogens is 218 g/mol. The van der Waals surface area contributed by atoms with Crippen LogP contribution in [0.15, 0.2) is 30.3 Å². The molecule has 1 aromatic rings. The minimum atomic E-state index is -1.06. The Kier molecular flexibility index (Phi) is 3.79. The third-order valence-electron chi connectivity index (χ3n) is 3.56. The summed E-state index contributed by atoms with van der Waals surface area (Å²) in [5, 5.41) is 32.2. The van der Waals surface area contributed by atoms with Crippen LogP contribution in [0.3, 0.4) is 0 Å². The first-order valence-electron chi connectivity index (χ1n) is 5.93. The molecule has 0 bridgehead atoms. The minimum Gasteiger partial charge on any atom is -0.390 e. The van der Waals surface area contributed by atoms with Crippen LogP contribution in [0.5, 0.6) is 0 Å². The standard InChI is InChI=1S/C13H19NO3/c1-8-10(12(16)13(17)11(8)15)14-7-9-5-3-2-4-6-9/h2-6,8,10-17H,7H2,1H3/t8-,10+,11+,12-,13+/m0/s1. The zero-order valence-corrected chi connectivity index (χ0v) is 9.82. The molecule has 0 saturated heterocycles. The van der Waals surface area contributed by atoms with Gasteiger partial charge in [0.05, 0.1) is 12.2 Å². The van der Waals surface area contributed by atoms with Gasteiger partial charge in [-0.2, -0.15) is 0 Å². The molecule has 5 atom stereocenters. The van der Waals surface area contributed by atoms with Crippen LogP contribution in [0.4, 0.5) is 0 Å². The molecule has 94 valence electrons. The fourth-order valence-electron chi connectivity index (χ4n) is 2.39. The molecule has 1 aliphatic carbocycles. The molecule has 0 amide bonds. The summed E-state index contributed by atoms with van der Waals surface area (Å²) in [4.78, 5) is 0. The van der Waals surface area contributed by atoms with Crippen LogP contribution < -0.4 is 5.32 Å². The summed E-state index contributed by atoms with van der Waals surface area (Å²) >= 11 is 0. The fourth-order valence-corrected chi connectivity index (χ4v) is 2.39. The molecule has 0 radical (unpaired) electrons. The van der Waals surface area contributed by atoms with Crippen molar-refractivity contribution in [2.45, 2.75) is 37.8 Å². The highest BCUT2D eigenvalue weighted by Gasteiger charge is 2.45. The Bertz CT molecular complexity index is 343. The van der Waals surface area contributed by atoms with Gasteiger partial charge in [-0.05, 0) is 5.56 Å². The van der Waals surface area contributed by atoms with E-state index in [1.54, 1.807) is 0 Å². The van der Waals surface area contributed by atoms with Gasteiger partial charge in [0.25, 0.3) is 0 Å². The maximum Gasteiger partial charge on any atom is 0.108 e. The van der Waals surface area contributed by atoms with Crippen molar-refractivity contribution in [3.63, 3.8) is 0 Å². The van der Waals surface area contributed by atoms with Gasteiger partial charge in [-0.3, -0.25) is 0 Å². The normalized spacial score (nSPS) is 37.3. The Balaban J connectivity index is 1.96. The number of aliphatic hydroxyl groups excluding tert-OH is 3. The van der Waals surface area contributed by atoms with Gasteiger partial charge >= 0.3 is 0 Å². The second-order valence-corrected chi connectivity index (χ2v) is 4.72. The van der Waals surface area contributed by atoms with E-state index in [2.05, 4.69) is 5.32 Å². The fraction of sp³-hybridized carbons (Fsp3) is 0.538. The molecule has 17 heavy (non-hydrogen) atoms. The molecule has 2 rings (SSSR count). The summed E-state index contributed by atoms with van der Waals surface area (Å²) < 4.78 is 0. The van der Waals surface area contributed by atoms with Gasteiger partial charge in [0, 0.05) is 18.5 Å². The molecule has 1 aromatic carbocycles. The summed E-state index contributed by atoms with van der Waals surface area (Å²) in [5.41, 5.74) is 1.11. The first-order valence-corrected chi connectivity index (χ1v) is 5.93. The van der Waals surface area contributed by atoms with E-state index in [4.69, 9.17) is 0 Å². The van der Waals surface area contributed by atoms with Gasteiger partial charge in [-0.15, -0.1) is 0 Å². The summed E-state index contributed by atoms with van der Waals surface area (Å²) in [6.07, 6.45) is -2.83. The van der Waals surface area contributed by atoms with E-state index < -0.39 is 18.3 Å². The minimum absolute atomic E-state index is 0.163. The second kappa shape index (κ2) is 5.14. The number of nitrogens with one attached hydrogen (secondary N) is 1.